The molecule has 3 aromatic rings. The third-order valence-electron chi connectivity index (χ3n) is 5.41. The van der Waals surface area contributed by atoms with E-state index in [1.54, 1.807) is 26.1 Å². The molecule has 2 aromatic carbocycles. The lowest BCUT2D eigenvalue weighted by Crippen LogP contribution is -2.20. The van der Waals surface area contributed by atoms with E-state index < -0.39 is 17.5 Å². The van der Waals surface area contributed by atoms with Crippen LogP contribution < -0.4 is 20.3 Å². The zero-order valence-corrected chi connectivity index (χ0v) is 20.5. The molecule has 1 aromatic heterocycles. The summed E-state index contributed by atoms with van der Waals surface area (Å²) in [5.74, 6) is -1.06. The average Bonchev–Trinajstić information content (AvgIpc) is 3.58. The zero-order chi connectivity index (χ0) is 25.0. The highest BCUT2D eigenvalue weighted by atomic mass is 32.2. The van der Waals surface area contributed by atoms with Crippen LogP contribution in [0.5, 0.6) is 5.75 Å². The smallest absolute Gasteiger partial charge is 0.255 e. The highest BCUT2D eigenvalue weighted by Gasteiger charge is 2.41. The molecule has 34 heavy (non-hydrogen) atoms. The van der Waals surface area contributed by atoms with E-state index >= 15 is 0 Å². The number of rotatable bonds is 7. The van der Waals surface area contributed by atoms with E-state index in [4.69, 9.17) is 4.74 Å². The summed E-state index contributed by atoms with van der Waals surface area (Å²) in [4.78, 5) is 12.4. The van der Waals surface area contributed by atoms with E-state index in [0.717, 1.165) is 11.6 Å². The molecule has 0 spiro atoms. The summed E-state index contributed by atoms with van der Waals surface area (Å²) in [5.41, 5.74) is 1.59. The molecule has 1 heterocycles. The Balaban J connectivity index is 0.00000158. The average molecular weight is 492 g/mol. The number of nitrogens with one attached hydrogen (secondary N) is 2. The molecule has 0 radical (unpaired) electrons. The Kier molecular flexibility index (Phi) is 8.19. The molecule has 0 saturated heterocycles. The number of halogens is 3. The number of aryl methyl sites for hydroxylation is 1. The molecule has 1 fully saturated rings. The highest BCUT2D eigenvalue weighted by molar-refractivity contribution is 8.01. The van der Waals surface area contributed by atoms with Crippen molar-refractivity contribution in [3.63, 3.8) is 0 Å². The Hall–Kier alpha value is -3.07. The molecule has 4 rings (SSSR count). The van der Waals surface area contributed by atoms with Gasteiger partial charge in [-0.15, -0.1) is 0 Å². The third kappa shape index (κ3) is 5.52. The van der Waals surface area contributed by atoms with Crippen molar-refractivity contribution in [1.82, 2.24) is 4.57 Å². The molecule has 2 unspecified atom stereocenters. The van der Waals surface area contributed by atoms with Gasteiger partial charge in [0.05, 0.1) is 12.8 Å². The minimum Gasteiger partial charge on any atom is -0.494 e. The Morgan fingerprint density at radius 3 is 2.44 bits per heavy atom. The predicted molar refractivity (Wildman–Crippen MR) is 133 cm³/mol. The van der Waals surface area contributed by atoms with Gasteiger partial charge in [0.25, 0.3) is 5.56 Å². The molecule has 5 nitrogen and oxygen atoms in total. The van der Waals surface area contributed by atoms with Gasteiger partial charge < -0.3 is 14.8 Å². The summed E-state index contributed by atoms with van der Waals surface area (Å²) in [7, 11) is 3.01. The molecule has 182 valence electrons. The normalized spacial score (nSPS) is 16.4. The van der Waals surface area contributed by atoms with Crippen molar-refractivity contribution in [1.29, 1.82) is 0 Å². The molecular formula is C25H28F3N3O2S. The largest absolute Gasteiger partial charge is 0.494 e. The summed E-state index contributed by atoms with van der Waals surface area (Å²) in [5, 5.41) is 3.03. The first-order valence-electron chi connectivity index (χ1n) is 11.0. The monoisotopic (exact) mass is 491 g/mol. The highest BCUT2D eigenvalue weighted by Crippen LogP contribution is 2.51. The van der Waals surface area contributed by atoms with Gasteiger partial charge in [-0.3, -0.25) is 9.36 Å². The van der Waals surface area contributed by atoms with Crippen LogP contribution in [0.1, 0.15) is 37.3 Å². The van der Waals surface area contributed by atoms with Gasteiger partial charge in [-0.05, 0) is 54.6 Å². The Morgan fingerprint density at radius 2 is 1.79 bits per heavy atom. The number of hydrogen-bond acceptors (Lipinski definition) is 5. The summed E-state index contributed by atoms with van der Waals surface area (Å²) in [6.07, 6.45) is 0.712. The number of nitrogens with zero attached hydrogens (tertiary/aromatic N) is 1. The van der Waals surface area contributed by atoms with Gasteiger partial charge in [0.2, 0.25) is 0 Å². The zero-order valence-electron chi connectivity index (χ0n) is 19.7. The first-order chi connectivity index (χ1) is 16.3. The van der Waals surface area contributed by atoms with Crippen molar-refractivity contribution in [3.05, 3.63) is 81.4 Å². The molecule has 2 atom stereocenters. The van der Waals surface area contributed by atoms with Crippen molar-refractivity contribution < 1.29 is 17.9 Å². The summed E-state index contributed by atoms with van der Waals surface area (Å²) >= 11 is 1.35. The lowest BCUT2D eigenvalue weighted by molar-refractivity contribution is 0.415. The summed E-state index contributed by atoms with van der Waals surface area (Å²) in [6, 6.07) is 9.70. The SMILES string of the molecule is CC.COc1cc(=O)n(C)c(Nc2ccc(C)cc2F)c1NSC1CC1c1ccc(F)cc1F. The first kappa shape index (κ1) is 25.6. The molecule has 0 aliphatic heterocycles. The van der Waals surface area contributed by atoms with Crippen LogP contribution >= 0.6 is 11.9 Å². The van der Waals surface area contributed by atoms with E-state index in [1.807, 2.05) is 13.8 Å². The number of methoxy groups -OCH3 is 1. The molecule has 0 amide bonds. The first-order valence-corrected chi connectivity index (χ1v) is 11.8. The van der Waals surface area contributed by atoms with Gasteiger partial charge >= 0.3 is 0 Å². The van der Waals surface area contributed by atoms with Crippen molar-refractivity contribution in [2.24, 2.45) is 7.05 Å². The maximum absolute atomic E-state index is 14.4. The van der Waals surface area contributed by atoms with Crippen LogP contribution in [0.25, 0.3) is 0 Å². The molecule has 1 saturated carbocycles. The van der Waals surface area contributed by atoms with Crippen LogP contribution in [0.15, 0.2) is 47.3 Å². The summed E-state index contributed by atoms with van der Waals surface area (Å²) < 4.78 is 51.7. The van der Waals surface area contributed by atoms with Crippen molar-refractivity contribution in [3.8, 4) is 5.75 Å². The van der Waals surface area contributed by atoms with Gasteiger partial charge in [0.15, 0.2) is 5.75 Å². The van der Waals surface area contributed by atoms with Gasteiger partial charge in [0.1, 0.15) is 29.0 Å². The number of aromatic nitrogens is 1. The fourth-order valence-corrected chi connectivity index (χ4v) is 4.58. The van der Waals surface area contributed by atoms with Crippen LogP contribution in [-0.2, 0) is 7.05 Å². The van der Waals surface area contributed by atoms with E-state index in [0.29, 0.717) is 29.2 Å². The van der Waals surface area contributed by atoms with Gasteiger partial charge in [-0.25, -0.2) is 13.2 Å². The molecule has 9 heteroatoms. The number of pyridine rings is 1. The molecule has 1 aliphatic carbocycles. The third-order valence-corrected chi connectivity index (χ3v) is 6.55. The molecular weight excluding hydrogens is 463 g/mol. The summed E-state index contributed by atoms with van der Waals surface area (Å²) in [6.45, 7) is 5.79. The lowest BCUT2D eigenvalue weighted by Gasteiger charge is -2.19. The van der Waals surface area contributed by atoms with Gasteiger partial charge in [-0.2, -0.15) is 0 Å². The minimum absolute atomic E-state index is 0.0425. The standard InChI is InChI=1S/C23H22F3N3O2S.C2H6/c1-12-4-7-18(17(26)8-12)27-23-22(19(31-3)11-21(30)29(23)2)28-32-20-10-15(20)14-6-5-13(24)9-16(14)25;1-2/h4-9,11,15,20,27-28H,10H2,1-3H3;1-2H3. The quantitative estimate of drug-likeness (QED) is 0.369. The van der Waals surface area contributed by atoms with E-state index in [1.165, 1.54) is 47.9 Å². The predicted octanol–water partition coefficient (Wildman–Crippen LogP) is 6.51. The maximum Gasteiger partial charge on any atom is 0.255 e. The van der Waals surface area contributed by atoms with E-state index in [2.05, 4.69) is 10.0 Å². The lowest BCUT2D eigenvalue weighted by atomic mass is 10.1. The van der Waals surface area contributed by atoms with Crippen LogP contribution in [0.2, 0.25) is 0 Å². The topological polar surface area (TPSA) is 55.3 Å². The van der Waals surface area contributed by atoms with Crippen LogP contribution in [-0.4, -0.2) is 16.9 Å². The maximum atomic E-state index is 14.4. The molecule has 2 N–H and O–H groups in total. The number of benzene rings is 2. The number of anilines is 3. The second kappa shape index (κ2) is 10.9. The van der Waals surface area contributed by atoms with E-state index in [-0.39, 0.29) is 22.4 Å². The van der Waals surface area contributed by atoms with Crippen molar-refractivity contribution in [2.45, 2.75) is 38.4 Å². The second-order valence-corrected chi connectivity index (χ2v) is 8.75. The second-order valence-electron chi connectivity index (χ2n) is 7.71. The minimum atomic E-state index is -0.608. The van der Waals surface area contributed by atoms with Gasteiger partial charge in [0, 0.05) is 30.3 Å². The fraction of sp³-hybridized carbons (Fsp3) is 0.320. The van der Waals surface area contributed by atoms with Crippen molar-refractivity contribution >= 4 is 29.1 Å². The van der Waals surface area contributed by atoms with E-state index in [9.17, 15) is 18.0 Å². The Bertz CT molecular complexity index is 1230. The fourth-order valence-electron chi connectivity index (χ4n) is 3.50. The molecule has 0 bridgehead atoms. The van der Waals surface area contributed by atoms with Crippen LogP contribution in [0, 0.1) is 24.4 Å². The van der Waals surface area contributed by atoms with Crippen LogP contribution in [0.3, 0.4) is 0 Å². The Morgan fingerprint density at radius 1 is 1.06 bits per heavy atom. The van der Waals surface area contributed by atoms with Crippen molar-refractivity contribution in [2.75, 3.05) is 17.1 Å². The van der Waals surface area contributed by atoms with Crippen LogP contribution in [0.4, 0.5) is 30.4 Å². The number of ether oxygens (including phenoxy) is 1. The number of hydrogen-bond donors (Lipinski definition) is 2. The van der Waals surface area contributed by atoms with Gasteiger partial charge in [-0.1, -0.05) is 26.0 Å². The Labute approximate surface area is 201 Å². The molecule has 1 aliphatic rings.